The molecule has 0 heterocycles. The van der Waals surface area contributed by atoms with Crippen LogP contribution < -0.4 is 0 Å². The van der Waals surface area contributed by atoms with Crippen LogP contribution in [0.2, 0.25) is 0 Å². The van der Waals surface area contributed by atoms with E-state index < -0.39 is 0 Å². The van der Waals surface area contributed by atoms with Crippen LogP contribution in [0.1, 0.15) is 5.56 Å². The van der Waals surface area contributed by atoms with Crippen molar-refractivity contribution in [2.45, 2.75) is 6.61 Å². The van der Waals surface area contributed by atoms with Gasteiger partial charge in [-0.15, -0.1) is 23.2 Å². The van der Waals surface area contributed by atoms with Gasteiger partial charge in [-0.2, -0.15) is 0 Å². The Morgan fingerprint density at radius 2 is 1.79 bits per heavy atom. The molecule has 0 amide bonds. The van der Waals surface area contributed by atoms with E-state index >= 15 is 0 Å². The van der Waals surface area contributed by atoms with Gasteiger partial charge in [0.2, 0.25) is 0 Å². The minimum Gasteiger partial charge on any atom is -0.369 e. The summed E-state index contributed by atoms with van der Waals surface area (Å²) in [5.74, 6) is 0. The lowest BCUT2D eigenvalue weighted by atomic mass is 10.2. The van der Waals surface area contributed by atoms with Gasteiger partial charge in [0.25, 0.3) is 0 Å². The van der Waals surface area contributed by atoms with E-state index in [-0.39, 0.29) is 11.9 Å². The van der Waals surface area contributed by atoms with Crippen molar-refractivity contribution in [2.75, 3.05) is 11.9 Å². The molecule has 0 N–H and O–H groups in total. The lowest BCUT2D eigenvalue weighted by Crippen LogP contribution is -1.95. The molecular weight excluding hydrogens is 223 g/mol. The maximum atomic E-state index is 9.87. The van der Waals surface area contributed by atoms with Gasteiger partial charge in [0.05, 0.1) is 11.9 Å². The number of halogens is 2. The predicted molar refractivity (Wildman–Crippen MR) is 58.7 cm³/mol. The SMILES string of the molecule is ClCCl.O=CCOCc1ccccc1. The van der Waals surface area contributed by atoms with Crippen molar-refractivity contribution < 1.29 is 9.53 Å². The summed E-state index contributed by atoms with van der Waals surface area (Å²) in [7, 11) is 0. The molecule has 0 bridgehead atoms. The lowest BCUT2D eigenvalue weighted by Gasteiger charge is -1.98. The monoisotopic (exact) mass is 234 g/mol. The predicted octanol–water partition coefficient (Wildman–Crippen LogP) is 2.82. The van der Waals surface area contributed by atoms with E-state index in [0.717, 1.165) is 11.8 Å². The highest BCUT2D eigenvalue weighted by Crippen LogP contribution is 1.99. The van der Waals surface area contributed by atoms with Crippen molar-refractivity contribution in [3.05, 3.63) is 35.9 Å². The minimum absolute atomic E-state index is 0.175. The number of carbonyl (C=O) groups excluding carboxylic acids is 1. The van der Waals surface area contributed by atoms with E-state index in [0.29, 0.717) is 6.61 Å². The Labute approximate surface area is 93.8 Å². The molecule has 0 spiro atoms. The normalized spacial score (nSPS) is 8.71. The first-order valence-corrected chi connectivity index (χ1v) is 5.09. The van der Waals surface area contributed by atoms with Crippen LogP contribution in [0.25, 0.3) is 0 Å². The van der Waals surface area contributed by atoms with Gasteiger partial charge in [-0.1, -0.05) is 30.3 Å². The number of benzene rings is 1. The fourth-order valence-corrected chi connectivity index (χ4v) is 0.799. The summed E-state index contributed by atoms with van der Waals surface area (Å²) in [6.07, 6.45) is 0.753. The van der Waals surface area contributed by atoms with Crippen LogP contribution in [0.3, 0.4) is 0 Å². The first-order valence-electron chi connectivity index (χ1n) is 4.02. The second kappa shape index (κ2) is 10.5. The Hall–Kier alpha value is -0.570. The van der Waals surface area contributed by atoms with Crippen LogP contribution in [0.15, 0.2) is 30.3 Å². The van der Waals surface area contributed by atoms with Crippen LogP contribution in [-0.4, -0.2) is 18.2 Å². The van der Waals surface area contributed by atoms with Crippen LogP contribution in [0, 0.1) is 0 Å². The smallest absolute Gasteiger partial charge is 0.145 e. The summed E-state index contributed by atoms with van der Waals surface area (Å²) in [4.78, 5) is 9.87. The Bertz CT molecular complexity index is 227. The molecule has 14 heavy (non-hydrogen) atoms. The quantitative estimate of drug-likeness (QED) is 0.455. The molecular formula is C10H12Cl2O2. The van der Waals surface area contributed by atoms with Crippen molar-refractivity contribution in [3.63, 3.8) is 0 Å². The summed E-state index contributed by atoms with van der Waals surface area (Å²) >= 11 is 9.53. The Morgan fingerprint density at radius 1 is 1.21 bits per heavy atom. The number of rotatable bonds is 4. The zero-order chi connectivity index (χ0) is 10.6. The summed E-state index contributed by atoms with van der Waals surface area (Å²) in [6.45, 7) is 0.689. The van der Waals surface area contributed by atoms with Crippen molar-refractivity contribution in [1.82, 2.24) is 0 Å². The maximum Gasteiger partial charge on any atom is 0.145 e. The van der Waals surface area contributed by atoms with Crippen LogP contribution >= 0.6 is 23.2 Å². The number of hydrogen-bond donors (Lipinski definition) is 0. The molecule has 0 fully saturated rings. The molecule has 0 unspecified atom stereocenters. The molecule has 78 valence electrons. The molecule has 4 heteroatoms. The molecule has 0 atom stereocenters. The molecule has 0 aliphatic heterocycles. The molecule has 1 aromatic rings. The van der Waals surface area contributed by atoms with E-state index in [2.05, 4.69) is 0 Å². The van der Waals surface area contributed by atoms with Gasteiger partial charge in [0, 0.05) is 0 Å². The number of ether oxygens (including phenoxy) is 1. The standard InChI is InChI=1S/C9H10O2.CH2Cl2/c10-6-7-11-8-9-4-2-1-3-5-9;2-1-3/h1-6H,7-8H2;1H2. The third kappa shape index (κ3) is 8.05. The third-order valence-electron chi connectivity index (χ3n) is 1.30. The van der Waals surface area contributed by atoms with Crippen molar-refractivity contribution in [1.29, 1.82) is 0 Å². The summed E-state index contributed by atoms with van der Waals surface area (Å²) in [5.41, 5.74) is 1.09. The summed E-state index contributed by atoms with van der Waals surface area (Å²) < 4.78 is 5.00. The van der Waals surface area contributed by atoms with Gasteiger partial charge in [0.1, 0.15) is 12.9 Å². The molecule has 2 nitrogen and oxygen atoms in total. The van der Waals surface area contributed by atoms with Gasteiger partial charge >= 0.3 is 0 Å². The molecule has 0 aliphatic rings. The highest BCUT2D eigenvalue weighted by atomic mass is 35.5. The molecule has 0 aliphatic carbocycles. The number of alkyl halides is 2. The highest BCUT2D eigenvalue weighted by Gasteiger charge is 1.88. The number of hydrogen-bond acceptors (Lipinski definition) is 2. The first kappa shape index (κ1) is 13.4. The second-order valence-electron chi connectivity index (χ2n) is 2.27. The van der Waals surface area contributed by atoms with Gasteiger partial charge < -0.3 is 9.53 Å². The first-order chi connectivity index (χ1) is 6.85. The maximum absolute atomic E-state index is 9.87. The average Bonchev–Trinajstić information content (AvgIpc) is 2.21. The third-order valence-corrected chi connectivity index (χ3v) is 1.30. The molecule has 0 radical (unpaired) electrons. The summed E-state index contributed by atoms with van der Waals surface area (Å²) in [5, 5.41) is 0.194. The minimum atomic E-state index is 0.175. The fourth-order valence-electron chi connectivity index (χ4n) is 0.799. The highest BCUT2D eigenvalue weighted by molar-refractivity contribution is 6.40. The number of carbonyl (C=O) groups is 1. The molecule has 0 aromatic heterocycles. The Kier molecular flexibility index (Phi) is 10.1. The Balaban J connectivity index is 0.000000500. The van der Waals surface area contributed by atoms with Crippen molar-refractivity contribution >= 4 is 29.5 Å². The number of aldehydes is 1. The van der Waals surface area contributed by atoms with Crippen LogP contribution in [0.5, 0.6) is 0 Å². The van der Waals surface area contributed by atoms with E-state index in [4.69, 9.17) is 27.9 Å². The topological polar surface area (TPSA) is 26.3 Å². The second-order valence-corrected chi connectivity index (χ2v) is 3.08. The molecule has 1 rings (SSSR count). The molecule has 1 aromatic carbocycles. The van der Waals surface area contributed by atoms with E-state index in [9.17, 15) is 4.79 Å². The van der Waals surface area contributed by atoms with Crippen molar-refractivity contribution in [3.8, 4) is 0 Å². The van der Waals surface area contributed by atoms with Crippen LogP contribution in [0.4, 0.5) is 0 Å². The average molecular weight is 235 g/mol. The van der Waals surface area contributed by atoms with E-state index in [1.54, 1.807) is 0 Å². The summed E-state index contributed by atoms with van der Waals surface area (Å²) in [6, 6.07) is 9.76. The lowest BCUT2D eigenvalue weighted by molar-refractivity contribution is -0.112. The molecule has 0 saturated carbocycles. The van der Waals surface area contributed by atoms with Crippen LogP contribution in [-0.2, 0) is 16.1 Å². The zero-order valence-electron chi connectivity index (χ0n) is 7.66. The zero-order valence-corrected chi connectivity index (χ0v) is 9.17. The Morgan fingerprint density at radius 3 is 2.29 bits per heavy atom. The largest absolute Gasteiger partial charge is 0.369 e. The van der Waals surface area contributed by atoms with E-state index in [1.165, 1.54) is 0 Å². The van der Waals surface area contributed by atoms with E-state index in [1.807, 2.05) is 30.3 Å². The van der Waals surface area contributed by atoms with Gasteiger partial charge in [-0.25, -0.2) is 0 Å². The van der Waals surface area contributed by atoms with Crippen molar-refractivity contribution in [2.24, 2.45) is 0 Å². The molecule has 0 saturated heterocycles. The fraction of sp³-hybridized carbons (Fsp3) is 0.300. The van der Waals surface area contributed by atoms with Gasteiger partial charge in [-0.05, 0) is 5.56 Å². The van der Waals surface area contributed by atoms with Gasteiger partial charge in [0.15, 0.2) is 0 Å². The van der Waals surface area contributed by atoms with Gasteiger partial charge in [-0.3, -0.25) is 0 Å².